The number of nitrogens with zero attached hydrogens (tertiary/aromatic N) is 3. The fraction of sp³-hybridized carbons (Fsp3) is 0.304. The topological polar surface area (TPSA) is 39.9 Å². The molecule has 1 aliphatic heterocycles. The molecule has 5 heteroatoms. The Hall–Kier alpha value is -2.24. The fourth-order valence-electron chi connectivity index (χ4n) is 4.31. The van der Waals surface area contributed by atoms with Crippen molar-refractivity contribution >= 4 is 37.7 Å². The summed E-state index contributed by atoms with van der Waals surface area (Å²) in [6.07, 6.45) is 5.37. The zero-order valence-corrected chi connectivity index (χ0v) is 17.7. The lowest BCUT2D eigenvalue weighted by atomic mass is 9.91. The number of aromatic nitrogens is 3. The van der Waals surface area contributed by atoms with E-state index < -0.39 is 0 Å². The van der Waals surface area contributed by atoms with Crippen LogP contribution in [0.4, 0.5) is 0 Å². The highest BCUT2D eigenvalue weighted by molar-refractivity contribution is 9.10. The third kappa shape index (κ3) is 2.76. The standard InChI is InChI=1S/C23H22BrN3O/c1-14-10-11-19-17(13-25-27(19)20-9-5-6-12-28-20)21(14)22-15(2)23(24)26-18-8-4-3-7-16(18)22/h3-4,7-8,10-11,13,20H,5-6,9,12H2,1-2H3. The zero-order valence-electron chi connectivity index (χ0n) is 16.1. The maximum Gasteiger partial charge on any atom is 0.150 e. The number of hydrogen-bond acceptors (Lipinski definition) is 3. The van der Waals surface area contributed by atoms with Crippen LogP contribution < -0.4 is 0 Å². The van der Waals surface area contributed by atoms with E-state index in [9.17, 15) is 0 Å². The van der Waals surface area contributed by atoms with Crippen molar-refractivity contribution in [2.75, 3.05) is 6.61 Å². The van der Waals surface area contributed by atoms with Crippen LogP contribution in [-0.2, 0) is 4.74 Å². The maximum atomic E-state index is 6.00. The number of para-hydroxylation sites is 1. The first-order valence-electron chi connectivity index (χ1n) is 9.79. The molecule has 4 aromatic rings. The molecule has 4 nitrogen and oxygen atoms in total. The quantitative estimate of drug-likeness (QED) is 0.345. The van der Waals surface area contributed by atoms with Gasteiger partial charge in [-0.05, 0) is 83.4 Å². The fourth-order valence-corrected chi connectivity index (χ4v) is 4.70. The van der Waals surface area contributed by atoms with E-state index in [0.29, 0.717) is 0 Å². The predicted octanol–water partition coefficient (Wildman–Crippen LogP) is 6.33. The van der Waals surface area contributed by atoms with Crippen LogP contribution in [0.5, 0.6) is 0 Å². The molecule has 28 heavy (non-hydrogen) atoms. The molecule has 0 aliphatic carbocycles. The largest absolute Gasteiger partial charge is 0.356 e. The van der Waals surface area contributed by atoms with Gasteiger partial charge in [0.1, 0.15) is 4.60 Å². The second-order valence-corrected chi connectivity index (χ2v) is 8.27. The van der Waals surface area contributed by atoms with E-state index in [4.69, 9.17) is 14.8 Å². The van der Waals surface area contributed by atoms with Crippen LogP contribution in [-0.4, -0.2) is 21.4 Å². The van der Waals surface area contributed by atoms with Gasteiger partial charge in [-0.1, -0.05) is 24.3 Å². The van der Waals surface area contributed by atoms with E-state index in [2.05, 4.69) is 64.8 Å². The third-order valence-electron chi connectivity index (χ3n) is 5.74. The van der Waals surface area contributed by atoms with Crippen LogP contribution in [0, 0.1) is 13.8 Å². The zero-order chi connectivity index (χ0) is 19.3. The number of hydrogen-bond donors (Lipinski definition) is 0. The van der Waals surface area contributed by atoms with Crippen molar-refractivity contribution in [3.8, 4) is 11.1 Å². The summed E-state index contributed by atoms with van der Waals surface area (Å²) in [6.45, 7) is 5.11. The Bertz CT molecular complexity index is 1190. The van der Waals surface area contributed by atoms with Gasteiger partial charge in [0.2, 0.25) is 0 Å². The van der Waals surface area contributed by atoms with Crippen LogP contribution in [0.15, 0.2) is 47.2 Å². The number of pyridine rings is 1. The minimum absolute atomic E-state index is 0.0313. The van der Waals surface area contributed by atoms with Crippen molar-refractivity contribution in [1.29, 1.82) is 0 Å². The lowest BCUT2D eigenvalue weighted by Gasteiger charge is -2.23. The van der Waals surface area contributed by atoms with Crippen molar-refractivity contribution in [3.05, 3.63) is 58.3 Å². The summed E-state index contributed by atoms with van der Waals surface area (Å²) in [7, 11) is 0. The van der Waals surface area contributed by atoms with E-state index in [1.165, 1.54) is 33.9 Å². The molecule has 1 saturated heterocycles. The van der Waals surface area contributed by atoms with Gasteiger partial charge in [-0.15, -0.1) is 0 Å². The lowest BCUT2D eigenvalue weighted by Crippen LogP contribution is -2.18. The first kappa shape index (κ1) is 17.8. The summed E-state index contributed by atoms with van der Waals surface area (Å²) in [5.41, 5.74) is 6.97. The maximum absolute atomic E-state index is 6.00. The van der Waals surface area contributed by atoms with Gasteiger partial charge in [-0.25, -0.2) is 9.67 Å². The highest BCUT2D eigenvalue weighted by Crippen LogP contribution is 2.40. The van der Waals surface area contributed by atoms with Gasteiger partial charge in [-0.2, -0.15) is 5.10 Å². The molecular weight excluding hydrogens is 414 g/mol. The molecule has 2 aromatic heterocycles. The van der Waals surface area contributed by atoms with Crippen molar-refractivity contribution in [1.82, 2.24) is 14.8 Å². The molecule has 0 spiro atoms. The first-order chi connectivity index (χ1) is 13.6. The highest BCUT2D eigenvalue weighted by Gasteiger charge is 2.22. The van der Waals surface area contributed by atoms with Gasteiger partial charge in [0.15, 0.2) is 6.23 Å². The summed E-state index contributed by atoms with van der Waals surface area (Å²) >= 11 is 3.67. The molecule has 1 fully saturated rings. The molecular formula is C23H22BrN3O. The van der Waals surface area contributed by atoms with Gasteiger partial charge in [0.25, 0.3) is 0 Å². The summed E-state index contributed by atoms with van der Waals surface area (Å²) in [5.74, 6) is 0. The van der Waals surface area contributed by atoms with E-state index in [1.807, 2.05) is 12.3 Å². The molecule has 0 radical (unpaired) electrons. The van der Waals surface area contributed by atoms with E-state index in [0.717, 1.165) is 40.6 Å². The molecule has 1 atom stereocenters. The van der Waals surface area contributed by atoms with E-state index >= 15 is 0 Å². The lowest BCUT2D eigenvalue weighted by molar-refractivity contribution is -0.0366. The Kier molecular flexibility index (Phi) is 4.44. The Morgan fingerprint density at radius 1 is 1.04 bits per heavy atom. The molecule has 0 amide bonds. The minimum Gasteiger partial charge on any atom is -0.356 e. The molecule has 1 aliphatic rings. The molecule has 142 valence electrons. The van der Waals surface area contributed by atoms with Crippen LogP contribution in [0.3, 0.4) is 0 Å². The highest BCUT2D eigenvalue weighted by atomic mass is 79.9. The normalized spacial score (nSPS) is 17.5. The minimum atomic E-state index is 0.0313. The van der Waals surface area contributed by atoms with Crippen LogP contribution in [0.2, 0.25) is 0 Å². The molecule has 2 aromatic carbocycles. The molecule has 0 N–H and O–H groups in total. The molecule has 1 unspecified atom stereocenters. The van der Waals surface area contributed by atoms with Crippen molar-refractivity contribution < 1.29 is 4.74 Å². The number of benzene rings is 2. The predicted molar refractivity (Wildman–Crippen MR) is 116 cm³/mol. The van der Waals surface area contributed by atoms with Gasteiger partial charge >= 0.3 is 0 Å². The third-order valence-corrected chi connectivity index (χ3v) is 6.52. The SMILES string of the molecule is Cc1ccc2c(cnn2C2CCCCO2)c1-c1c(C)c(Br)nc2ccccc12. The molecule has 3 heterocycles. The molecule has 0 saturated carbocycles. The van der Waals surface area contributed by atoms with Crippen molar-refractivity contribution in [2.45, 2.75) is 39.3 Å². The summed E-state index contributed by atoms with van der Waals surface area (Å²) in [5, 5.41) is 7.08. The second kappa shape index (κ2) is 6.98. The smallest absolute Gasteiger partial charge is 0.150 e. The van der Waals surface area contributed by atoms with Crippen LogP contribution >= 0.6 is 15.9 Å². The summed E-state index contributed by atoms with van der Waals surface area (Å²) in [6, 6.07) is 12.7. The monoisotopic (exact) mass is 435 g/mol. The van der Waals surface area contributed by atoms with Crippen LogP contribution in [0.1, 0.15) is 36.6 Å². The average Bonchev–Trinajstić information content (AvgIpc) is 3.15. The Labute approximate surface area is 172 Å². The second-order valence-electron chi connectivity index (χ2n) is 7.52. The Morgan fingerprint density at radius 3 is 2.71 bits per heavy atom. The van der Waals surface area contributed by atoms with Gasteiger partial charge in [0.05, 0.1) is 17.2 Å². The number of rotatable bonds is 2. The molecule has 0 bridgehead atoms. The van der Waals surface area contributed by atoms with Gasteiger partial charge < -0.3 is 4.74 Å². The first-order valence-corrected chi connectivity index (χ1v) is 10.6. The van der Waals surface area contributed by atoms with Crippen molar-refractivity contribution in [2.24, 2.45) is 0 Å². The number of fused-ring (bicyclic) bond motifs is 2. The van der Waals surface area contributed by atoms with E-state index in [-0.39, 0.29) is 6.23 Å². The van der Waals surface area contributed by atoms with Crippen molar-refractivity contribution in [3.63, 3.8) is 0 Å². The Balaban J connectivity index is 1.81. The average molecular weight is 436 g/mol. The summed E-state index contributed by atoms with van der Waals surface area (Å²) in [4.78, 5) is 4.73. The van der Waals surface area contributed by atoms with Crippen LogP contribution in [0.25, 0.3) is 32.9 Å². The van der Waals surface area contributed by atoms with Gasteiger partial charge in [-0.3, -0.25) is 0 Å². The number of ether oxygens (including phenoxy) is 1. The van der Waals surface area contributed by atoms with Gasteiger partial charge in [0, 0.05) is 17.4 Å². The van der Waals surface area contributed by atoms with E-state index in [1.54, 1.807) is 0 Å². The number of halogens is 1. The Morgan fingerprint density at radius 2 is 1.89 bits per heavy atom. The molecule has 5 rings (SSSR count). The summed E-state index contributed by atoms with van der Waals surface area (Å²) < 4.78 is 8.95. The number of aryl methyl sites for hydroxylation is 1.